The van der Waals surface area contributed by atoms with Crippen LogP contribution in [0.3, 0.4) is 0 Å². The van der Waals surface area contributed by atoms with Gasteiger partial charge in [0.15, 0.2) is 5.69 Å². The lowest BCUT2D eigenvalue weighted by molar-refractivity contribution is 0.0937. The Balaban J connectivity index is 1.98. The molecule has 1 aromatic carbocycles. The second-order valence-corrected chi connectivity index (χ2v) is 5.81. The summed E-state index contributed by atoms with van der Waals surface area (Å²) in [6.45, 7) is 2.74. The topological polar surface area (TPSA) is 80.0 Å². The summed E-state index contributed by atoms with van der Waals surface area (Å²) in [6, 6.07) is 7.09. The van der Waals surface area contributed by atoms with Gasteiger partial charge in [0.05, 0.1) is 11.9 Å². The van der Waals surface area contributed by atoms with Gasteiger partial charge in [-0.05, 0) is 37.0 Å². The van der Waals surface area contributed by atoms with Gasteiger partial charge < -0.3 is 10.4 Å². The van der Waals surface area contributed by atoms with Crippen molar-refractivity contribution < 1.29 is 9.90 Å². The van der Waals surface area contributed by atoms with Crippen molar-refractivity contribution in [1.82, 2.24) is 20.3 Å². The first-order chi connectivity index (χ1) is 11.1. The van der Waals surface area contributed by atoms with Gasteiger partial charge in [-0.2, -0.15) is 9.90 Å². The van der Waals surface area contributed by atoms with Crippen molar-refractivity contribution in [3.05, 3.63) is 41.2 Å². The summed E-state index contributed by atoms with van der Waals surface area (Å²) in [5, 5.41) is 20.8. The number of nitrogens with one attached hydrogen (secondary N) is 1. The molecule has 1 amide bonds. The summed E-state index contributed by atoms with van der Waals surface area (Å²) >= 11 is 5.94. The van der Waals surface area contributed by atoms with Crippen LogP contribution >= 0.6 is 11.6 Å². The fourth-order valence-corrected chi connectivity index (χ4v) is 2.54. The maximum atomic E-state index is 12.2. The average Bonchev–Trinajstić information content (AvgIpc) is 3.03. The monoisotopic (exact) mass is 336 g/mol. The molecule has 0 saturated carbocycles. The molecule has 0 aliphatic carbocycles. The Morgan fingerprint density at radius 3 is 2.96 bits per heavy atom. The number of rotatable bonds is 8. The molecule has 1 aromatic heterocycles. The van der Waals surface area contributed by atoms with E-state index in [1.54, 1.807) is 18.2 Å². The van der Waals surface area contributed by atoms with Gasteiger partial charge in [-0.3, -0.25) is 4.79 Å². The first-order valence-corrected chi connectivity index (χ1v) is 8.09. The zero-order valence-corrected chi connectivity index (χ0v) is 13.8. The molecule has 2 aromatic rings. The van der Waals surface area contributed by atoms with Crippen LogP contribution in [-0.4, -0.2) is 39.2 Å². The van der Waals surface area contributed by atoms with Gasteiger partial charge in [0.25, 0.3) is 5.91 Å². The zero-order valence-electron chi connectivity index (χ0n) is 13.1. The van der Waals surface area contributed by atoms with Crippen LogP contribution in [0.4, 0.5) is 0 Å². The minimum Gasteiger partial charge on any atom is -0.396 e. The number of nitrogens with zero attached hydrogens (tertiary/aromatic N) is 3. The third-order valence-corrected chi connectivity index (χ3v) is 3.78. The number of amides is 1. The van der Waals surface area contributed by atoms with E-state index in [2.05, 4.69) is 22.4 Å². The first-order valence-electron chi connectivity index (χ1n) is 7.71. The molecule has 1 unspecified atom stereocenters. The number of aliphatic hydroxyl groups excluding tert-OH is 1. The fraction of sp³-hybridized carbons (Fsp3) is 0.438. The van der Waals surface area contributed by atoms with Gasteiger partial charge in [0.2, 0.25) is 0 Å². The molecule has 0 radical (unpaired) electrons. The van der Waals surface area contributed by atoms with Crippen molar-refractivity contribution >= 4 is 17.5 Å². The molecular formula is C16H21ClN4O2. The molecule has 23 heavy (non-hydrogen) atoms. The highest BCUT2D eigenvalue weighted by Gasteiger charge is 2.14. The summed E-state index contributed by atoms with van der Waals surface area (Å²) in [5.74, 6) is 0.00856. The third kappa shape index (κ3) is 5.04. The number of carbonyl (C=O) groups is 1. The predicted octanol–water partition coefficient (Wildman–Crippen LogP) is 2.45. The van der Waals surface area contributed by atoms with Gasteiger partial charge in [0, 0.05) is 18.2 Å². The Morgan fingerprint density at radius 1 is 1.43 bits per heavy atom. The van der Waals surface area contributed by atoms with Crippen molar-refractivity contribution in [2.75, 3.05) is 13.2 Å². The van der Waals surface area contributed by atoms with Crippen LogP contribution in [-0.2, 0) is 0 Å². The molecule has 2 N–H and O–H groups in total. The Labute approximate surface area is 140 Å². The van der Waals surface area contributed by atoms with E-state index in [4.69, 9.17) is 16.7 Å². The van der Waals surface area contributed by atoms with Gasteiger partial charge in [-0.1, -0.05) is 31.0 Å². The van der Waals surface area contributed by atoms with Crippen molar-refractivity contribution in [2.45, 2.75) is 26.2 Å². The second-order valence-electron chi connectivity index (χ2n) is 5.38. The molecule has 0 saturated heterocycles. The van der Waals surface area contributed by atoms with Crippen LogP contribution in [0.25, 0.3) is 5.69 Å². The molecule has 0 spiro atoms. The number of benzene rings is 1. The number of carbonyl (C=O) groups excluding carboxylic acids is 1. The number of aliphatic hydroxyl groups is 1. The van der Waals surface area contributed by atoms with Crippen LogP contribution < -0.4 is 5.32 Å². The van der Waals surface area contributed by atoms with E-state index in [0.29, 0.717) is 23.7 Å². The van der Waals surface area contributed by atoms with Crippen molar-refractivity contribution in [1.29, 1.82) is 0 Å². The van der Waals surface area contributed by atoms with Gasteiger partial charge in [0.1, 0.15) is 0 Å². The molecule has 124 valence electrons. The normalized spacial score (nSPS) is 12.1. The van der Waals surface area contributed by atoms with Crippen LogP contribution in [0, 0.1) is 5.92 Å². The van der Waals surface area contributed by atoms with Crippen molar-refractivity contribution in [2.24, 2.45) is 5.92 Å². The summed E-state index contributed by atoms with van der Waals surface area (Å²) in [4.78, 5) is 13.5. The van der Waals surface area contributed by atoms with Gasteiger partial charge in [-0.25, -0.2) is 0 Å². The number of halogens is 1. The lowest BCUT2D eigenvalue weighted by Gasteiger charge is -2.14. The molecule has 1 heterocycles. The maximum Gasteiger partial charge on any atom is 0.273 e. The summed E-state index contributed by atoms with van der Waals surface area (Å²) in [6.07, 6.45) is 4.10. The first kappa shape index (κ1) is 17.4. The predicted molar refractivity (Wildman–Crippen MR) is 88.8 cm³/mol. The highest BCUT2D eigenvalue weighted by atomic mass is 35.5. The van der Waals surface area contributed by atoms with E-state index >= 15 is 0 Å². The Bertz CT molecular complexity index is 639. The van der Waals surface area contributed by atoms with Gasteiger partial charge in [-0.15, -0.1) is 5.10 Å². The minimum absolute atomic E-state index is 0.130. The number of hydrogen-bond acceptors (Lipinski definition) is 4. The van der Waals surface area contributed by atoms with Crippen LogP contribution in [0.15, 0.2) is 30.5 Å². The Morgan fingerprint density at radius 2 is 2.26 bits per heavy atom. The van der Waals surface area contributed by atoms with Crippen molar-refractivity contribution in [3.8, 4) is 5.69 Å². The van der Waals surface area contributed by atoms with Crippen LogP contribution in [0.2, 0.25) is 5.02 Å². The van der Waals surface area contributed by atoms with Crippen molar-refractivity contribution in [3.63, 3.8) is 0 Å². The third-order valence-electron chi connectivity index (χ3n) is 3.55. The molecule has 0 fully saturated rings. The second kappa shape index (κ2) is 8.64. The highest BCUT2D eigenvalue weighted by molar-refractivity contribution is 6.30. The molecule has 1 atom stereocenters. The molecule has 2 rings (SSSR count). The van der Waals surface area contributed by atoms with Crippen LogP contribution in [0.5, 0.6) is 0 Å². The lowest BCUT2D eigenvalue weighted by Crippen LogP contribution is -2.30. The Kier molecular flexibility index (Phi) is 6.55. The van der Waals surface area contributed by atoms with E-state index in [1.165, 1.54) is 11.0 Å². The standard InChI is InChI=1S/C16H21ClN4O2/c1-2-4-12(7-8-22)10-18-16(23)15-11-19-21(20-15)14-6-3-5-13(17)9-14/h3,5-6,9,11-12,22H,2,4,7-8,10H2,1H3,(H,18,23). The smallest absolute Gasteiger partial charge is 0.273 e. The van der Waals surface area contributed by atoms with E-state index in [-0.39, 0.29) is 24.1 Å². The highest BCUT2D eigenvalue weighted by Crippen LogP contribution is 2.13. The number of aromatic nitrogens is 3. The molecule has 6 nitrogen and oxygen atoms in total. The molecular weight excluding hydrogens is 316 g/mol. The van der Waals surface area contributed by atoms with Gasteiger partial charge >= 0.3 is 0 Å². The quantitative estimate of drug-likeness (QED) is 0.776. The molecule has 7 heteroatoms. The summed E-state index contributed by atoms with van der Waals surface area (Å²) in [7, 11) is 0. The molecule has 0 aliphatic rings. The fourth-order valence-electron chi connectivity index (χ4n) is 2.36. The molecule has 0 bridgehead atoms. The summed E-state index contributed by atoms with van der Waals surface area (Å²) in [5.41, 5.74) is 0.949. The SMILES string of the molecule is CCCC(CCO)CNC(=O)c1cnn(-c2cccc(Cl)c2)n1. The average molecular weight is 337 g/mol. The number of hydrogen-bond donors (Lipinski definition) is 2. The summed E-state index contributed by atoms with van der Waals surface area (Å²) < 4.78 is 0. The van der Waals surface area contributed by atoms with Crippen LogP contribution in [0.1, 0.15) is 36.7 Å². The lowest BCUT2D eigenvalue weighted by atomic mass is 10.0. The minimum atomic E-state index is -0.266. The van der Waals surface area contributed by atoms with E-state index in [1.807, 2.05) is 6.07 Å². The van der Waals surface area contributed by atoms with E-state index in [9.17, 15) is 4.79 Å². The zero-order chi connectivity index (χ0) is 16.7. The largest absolute Gasteiger partial charge is 0.396 e. The van der Waals surface area contributed by atoms with E-state index < -0.39 is 0 Å². The maximum absolute atomic E-state index is 12.2. The Hall–Kier alpha value is -1.92. The molecule has 0 aliphatic heterocycles. The van der Waals surface area contributed by atoms with E-state index in [0.717, 1.165) is 12.8 Å².